The van der Waals surface area contributed by atoms with Gasteiger partial charge in [0.25, 0.3) is 0 Å². The summed E-state index contributed by atoms with van der Waals surface area (Å²) in [5, 5.41) is 9.02. The van der Waals surface area contributed by atoms with Crippen LogP contribution in [0.4, 0.5) is 0 Å². The van der Waals surface area contributed by atoms with E-state index in [0.717, 1.165) is 16.8 Å². The van der Waals surface area contributed by atoms with Gasteiger partial charge < -0.3 is 9.67 Å². The zero-order chi connectivity index (χ0) is 11.9. The fourth-order valence-electron chi connectivity index (χ4n) is 2.21. The fourth-order valence-corrected chi connectivity index (χ4v) is 2.76. The van der Waals surface area contributed by atoms with Crippen LogP contribution in [0.25, 0.3) is 0 Å². The van der Waals surface area contributed by atoms with Crippen molar-refractivity contribution in [2.45, 2.75) is 39.2 Å². The highest BCUT2D eigenvalue weighted by molar-refractivity contribution is 9.10. The zero-order valence-corrected chi connectivity index (χ0v) is 11.0. The molecule has 0 saturated heterocycles. The van der Waals surface area contributed by atoms with Gasteiger partial charge in [0.1, 0.15) is 0 Å². The quantitative estimate of drug-likeness (QED) is 0.908. The number of carboxylic acids is 1. The number of imidazole rings is 1. The standard InChI is InChI=1S/C11H15BrN2O2/c1-6(2)9-8-4-3-7(10(15)16)5-14(8)11(12)13-9/h6-7H,3-5H2,1-2H3,(H,15,16). The molecule has 1 aromatic rings. The first kappa shape index (κ1) is 11.6. The van der Waals surface area contributed by atoms with E-state index in [2.05, 4.69) is 34.8 Å². The third-order valence-corrected chi connectivity index (χ3v) is 3.69. The van der Waals surface area contributed by atoms with E-state index in [1.54, 1.807) is 0 Å². The van der Waals surface area contributed by atoms with Crippen LogP contribution in [0.1, 0.15) is 37.6 Å². The van der Waals surface area contributed by atoms with Crippen molar-refractivity contribution < 1.29 is 9.90 Å². The summed E-state index contributed by atoms with van der Waals surface area (Å²) < 4.78 is 2.76. The first-order chi connectivity index (χ1) is 7.50. The van der Waals surface area contributed by atoms with Crippen LogP contribution in [0.3, 0.4) is 0 Å². The van der Waals surface area contributed by atoms with Gasteiger partial charge >= 0.3 is 5.97 Å². The van der Waals surface area contributed by atoms with Gasteiger partial charge in [0.2, 0.25) is 0 Å². The number of carbonyl (C=O) groups is 1. The van der Waals surface area contributed by atoms with Gasteiger partial charge in [-0.05, 0) is 34.7 Å². The predicted molar refractivity (Wildman–Crippen MR) is 63.5 cm³/mol. The molecule has 4 nitrogen and oxygen atoms in total. The summed E-state index contributed by atoms with van der Waals surface area (Å²) in [7, 11) is 0. The van der Waals surface area contributed by atoms with Gasteiger partial charge in [-0.3, -0.25) is 4.79 Å². The van der Waals surface area contributed by atoms with Crippen molar-refractivity contribution in [3.05, 3.63) is 16.1 Å². The van der Waals surface area contributed by atoms with Crippen molar-refractivity contribution in [3.63, 3.8) is 0 Å². The van der Waals surface area contributed by atoms with Gasteiger partial charge in [-0.15, -0.1) is 0 Å². The topological polar surface area (TPSA) is 55.1 Å². The number of rotatable bonds is 2. The van der Waals surface area contributed by atoms with Crippen molar-refractivity contribution in [2.75, 3.05) is 0 Å². The van der Waals surface area contributed by atoms with Crippen molar-refractivity contribution in [1.29, 1.82) is 0 Å². The maximum atomic E-state index is 11.0. The Balaban J connectivity index is 2.36. The molecular formula is C11H15BrN2O2. The molecule has 0 radical (unpaired) electrons. The van der Waals surface area contributed by atoms with E-state index in [4.69, 9.17) is 5.11 Å². The molecule has 1 aliphatic heterocycles. The Morgan fingerprint density at radius 1 is 1.62 bits per heavy atom. The van der Waals surface area contributed by atoms with Crippen molar-refractivity contribution >= 4 is 21.9 Å². The van der Waals surface area contributed by atoms with E-state index in [1.165, 1.54) is 5.69 Å². The van der Waals surface area contributed by atoms with Crippen LogP contribution in [0.5, 0.6) is 0 Å². The maximum absolute atomic E-state index is 11.0. The third kappa shape index (κ3) is 1.88. The summed E-state index contributed by atoms with van der Waals surface area (Å²) in [6, 6.07) is 0. The van der Waals surface area contributed by atoms with E-state index in [1.807, 2.05) is 4.57 Å². The second-order valence-corrected chi connectivity index (χ2v) is 5.26. The molecule has 88 valence electrons. The highest BCUT2D eigenvalue weighted by Gasteiger charge is 2.28. The molecule has 16 heavy (non-hydrogen) atoms. The number of carboxylic acid groups (broad SMARTS) is 1. The Morgan fingerprint density at radius 3 is 2.88 bits per heavy atom. The number of aliphatic carboxylic acids is 1. The molecule has 2 heterocycles. The van der Waals surface area contributed by atoms with Crippen molar-refractivity contribution in [2.24, 2.45) is 5.92 Å². The highest BCUT2D eigenvalue weighted by atomic mass is 79.9. The molecule has 5 heteroatoms. The lowest BCUT2D eigenvalue weighted by atomic mass is 9.95. The van der Waals surface area contributed by atoms with E-state index in [9.17, 15) is 4.79 Å². The minimum absolute atomic E-state index is 0.280. The summed E-state index contributed by atoms with van der Waals surface area (Å²) in [5.74, 6) is -0.607. The number of nitrogens with zero attached hydrogens (tertiary/aromatic N) is 2. The van der Waals surface area contributed by atoms with E-state index in [-0.39, 0.29) is 5.92 Å². The maximum Gasteiger partial charge on any atom is 0.308 e. The molecule has 1 aromatic heterocycles. The number of fused-ring (bicyclic) bond motifs is 1. The molecule has 0 fully saturated rings. The Hall–Kier alpha value is -0.840. The molecule has 0 bridgehead atoms. The summed E-state index contributed by atoms with van der Waals surface area (Å²) in [5.41, 5.74) is 2.29. The van der Waals surface area contributed by atoms with Crippen molar-refractivity contribution in [1.82, 2.24) is 9.55 Å². The SMILES string of the molecule is CC(C)c1nc(Br)n2c1CCC(C(=O)O)C2. The van der Waals surface area contributed by atoms with Gasteiger partial charge in [0.15, 0.2) is 4.73 Å². The predicted octanol–water partition coefficient (Wildman–Crippen LogP) is 2.42. The fraction of sp³-hybridized carbons (Fsp3) is 0.636. The monoisotopic (exact) mass is 286 g/mol. The molecule has 0 aliphatic carbocycles. The van der Waals surface area contributed by atoms with Gasteiger partial charge in [-0.2, -0.15) is 0 Å². The Morgan fingerprint density at radius 2 is 2.31 bits per heavy atom. The van der Waals surface area contributed by atoms with Crippen LogP contribution < -0.4 is 0 Å². The minimum Gasteiger partial charge on any atom is -0.481 e. The largest absolute Gasteiger partial charge is 0.481 e. The second-order valence-electron chi connectivity index (χ2n) is 4.55. The molecule has 0 aromatic carbocycles. The molecule has 0 amide bonds. The lowest BCUT2D eigenvalue weighted by molar-refractivity contribution is -0.142. The summed E-state index contributed by atoms with van der Waals surface area (Å²) in [6.07, 6.45) is 1.52. The minimum atomic E-state index is -0.711. The highest BCUT2D eigenvalue weighted by Crippen LogP contribution is 2.30. The van der Waals surface area contributed by atoms with Crippen LogP contribution in [-0.2, 0) is 17.8 Å². The van der Waals surface area contributed by atoms with Crippen LogP contribution in [0.2, 0.25) is 0 Å². The van der Waals surface area contributed by atoms with Gasteiger partial charge in [0.05, 0.1) is 11.6 Å². The first-order valence-electron chi connectivity index (χ1n) is 5.48. The summed E-state index contributed by atoms with van der Waals surface area (Å²) >= 11 is 3.41. The number of hydrogen-bond acceptors (Lipinski definition) is 2. The molecule has 1 N–H and O–H groups in total. The van der Waals surface area contributed by atoms with Crippen LogP contribution in [0.15, 0.2) is 4.73 Å². The Bertz CT molecular complexity index is 426. The molecule has 1 unspecified atom stereocenters. The molecule has 1 aliphatic rings. The number of hydrogen-bond donors (Lipinski definition) is 1. The Labute approximate surface area is 103 Å². The zero-order valence-electron chi connectivity index (χ0n) is 9.40. The molecule has 0 saturated carbocycles. The van der Waals surface area contributed by atoms with E-state index < -0.39 is 5.97 Å². The van der Waals surface area contributed by atoms with Gasteiger partial charge in [0, 0.05) is 12.2 Å². The average molecular weight is 287 g/mol. The second kappa shape index (κ2) is 4.20. The third-order valence-electron chi connectivity index (χ3n) is 3.09. The van der Waals surface area contributed by atoms with E-state index in [0.29, 0.717) is 18.9 Å². The van der Waals surface area contributed by atoms with Crippen LogP contribution in [0, 0.1) is 5.92 Å². The van der Waals surface area contributed by atoms with Crippen molar-refractivity contribution in [3.8, 4) is 0 Å². The smallest absolute Gasteiger partial charge is 0.308 e. The van der Waals surface area contributed by atoms with Crippen LogP contribution >= 0.6 is 15.9 Å². The van der Waals surface area contributed by atoms with Gasteiger partial charge in [-0.25, -0.2) is 4.98 Å². The lowest BCUT2D eigenvalue weighted by Gasteiger charge is -2.22. The number of aromatic nitrogens is 2. The molecule has 2 rings (SSSR count). The summed E-state index contributed by atoms with van der Waals surface area (Å²) in [4.78, 5) is 15.4. The molecule has 1 atom stereocenters. The number of halogens is 1. The normalized spacial score (nSPS) is 19.9. The van der Waals surface area contributed by atoms with Crippen LogP contribution in [-0.4, -0.2) is 20.6 Å². The van der Waals surface area contributed by atoms with E-state index >= 15 is 0 Å². The summed E-state index contributed by atoms with van der Waals surface area (Å²) in [6.45, 7) is 4.75. The lowest BCUT2D eigenvalue weighted by Crippen LogP contribution is -2.26. The average Bonchev–Trinajstić information content (AvgIpc) is 2.56. The first-order valence-corrected chi connectivity index (χ1v) is 6.27. The molecule has 0 spiro atoms. The Kier molecular flexibility index (Phi) is 3.06. The molecular weight excluding hydrogens is 272 g/mol. The van der Waals surface area contributed by atoms with Gasteiger partial charge in [-0.1, -0.05) is 13.8 Å².